The molecule has 0 atom stereocenters. The molecule has 2 aromatic carbocycles. The van der Waals surface area contributed by atoms with Gasteiger partial charge < -0.3 is 25.4 Å². The number of hydrogen-bond donors (Lipinski definition) is 3. The molecule has 0 saturated heterocycles. The average Bonchev–Trinajstić information content (AvgIpc) is 3.11. The van der Waals surface area contributed by atoms with Gasteiger partial charge in [0, 0.05) is 51.0 Å². The lowest BCUT2D eigenvalue weighted by atomic mass is 10.1. The molecule has 1 heterocycles. The average molecular weight is 539 g/mol. The van der Waals surface area contributed by atoms with Gasteiger partial charge in [0.05, 0.1) is 11.1 Å². The molecule has 5 amide bonds. The number of carbonyl (C=O) groups excluding carboxylic acids is 5. The third-order valence-electron chi connectivity index (χ3n) is 5.71. The fraction of sp³-hybridized carbons (Fsp3) is 0.393. The van der Waals surface area contributed by atoms with E-state index in [1.165, 1.54) is 18.2 Å². The highest BCUT2D eigenvalue weighted by Gasteiger charge is 2.35. The number of methoxy groups -OCH3 is 1. The van der Waals surface area contributed by atoms with E-state index in [0.717, 1.165) is 4.90 Å². The van der Waals surface area contributed by atoms with Gasteiger partial charge in [-0.25, -0.2) is 4.79 Å². The number of nitrogens with zero attached hydrogens (tertiary/aromatic N) is 1. The van der Waals surface area contributed by atoms with E-state index < -0.39 is 23.5 Å². The number of fused-ring (bicyclic) bond motifs is 1. The predicted molar refractivity (Wildman–Crippen MR) is 143 cm³/mol. The van der Waals surface area contributed by atoms with Gasteiger partial charge in [-0.15, -0.1) is 0 Å². The summed E-state index contributed by atoms with van der Waals surface area (Å²) in [5.41, 5.74) is 1.24. The Labute approximate surface area is 227 Å². The lowest BCUT2D eigenvalue weighted by molar-refractivity contribution is -0.116. The molecule has 0 unspecified atom stereocenters. The van der Waals surface area contributed by atoms with Crippen molar-refractivity contribution in [1.29, 1.82) is 0 Å². The van der Waals surface area contributed by atoms with Crippen LogP contribution in [0.4, 0.5) is 10.5 Å². The monoisotopic (exact) mass is 538 g/mol. The number of carbonyl (C=O) groups is 5. The van der Waals surface area contributed by atoms with Crippen LogP contribution in [0.15, 0.2) is 42.5 Å². The topological polar surface area (TPSA) is 143 Å². The summed E-state index contributed by atoms with van der Waals surface area (Å²) in [4.78, 5) is 63.5. The standard InChI is InChI=1S/C28H34N4O7/c1-28(2,3)39-27(37)29-13-12-23(33)31-22-9-6-5-8-19(22)17-30-24(34)18-10-11-20-21(16-18)26(36)32(25(20)35)14-7-15-38-4/h5-6,8-11,16H,7,12-15,17H2,1-4H3,(H,29,37)(H,30,34)(H,31,33). The molecule has 3 rings (SSSR count). The number of hydrogen-bond acceptors (Lipinski definition) is 7. The molecular formula is C28H34N4O7. The summed E-state index contributed by atoms with van der Waals surface area (Å²) >= 11 is 0. The number of anilines is 1. The van der Waals surface area contributed by atoms with Crippen LogP contribution in [0.1, 0.15) is 70.3 Å². The summed E-state index contributed by atoms with van der Waals surface area (Å²) in [5, 5.41) is 8.11. The van der Waals surface area contributed by atoms with Crippen molar-refractivity contribution in [3.8, 4) is 0 Å². The van der Waals surface area contributed by atoms with E-state index in [4.69, 9.17) is 9.47 Å². The molecule has 39 heavy (non-hydrogen) atoms. The van der Waals surface area contributed by atoms with Gasteiger partial charge in [-0.1, -0.05) is 18.2 Å². The van der Waals surface area contributed by atoms with E-state index >= 15 is 0 Å². The summed E-state index contributed by atoms with van der Waals surface area (Å²) in [7, 11) is 1.55. The maximum atomic E-state index is 12.9. The Hall–Kier alpha value is -4.25. The molecule has 0 bridgehead atoms. The molecular weight excluding hydrogens is 504 g/mol. The van der Waals surface area contributed by atoms with Gasteiger partial charge in [0.1, 0.15) is 5.60 Å². The zero-order valence-corrected chi connectivity index (χ0v) is 22.6. The number of alkyl carbamates (subject to hydrolysis) is 1. The lowest BCUT2D eigenvalue weighted by Crippen LogP contribution is -2.34. The van der Waals surface area contributed by atoms with E-state index in [-0.39, 0.29) is 54.6 Å². The summed E-state index contributed by atoms with van der Waals surface area (Å²) in [6.07, 6.45) is -0.0506. The number of benzene rings is 2. The minimum atomic E-state index is -0.632. The van der Waals surface area contributed by atoms with Crippen molar-refractivity contribution >= 4 is 35.4 Å². The summed E-state index contributed by atoms with van der Waals surface area (Å²) in [5.74, 6) is -1.57. The van der Waals surface area contributed by atoms with Gasteiger partial charge >= 0.3 is 6.09 Å². The Morgan fingerprint density at radius 3 is 2.38 bits per heavy atom. The molecule has 0 fully saturated rings. The quantitative estimate of drug-likeness (QED) is 0.295. The van der Waals surface area contributed by atoms with Crippen LogP contribution in [0, 0.1) is 0 Å². The maximum Gasteiger partial charge on any atom is 0.407 e. The second kappa shape index (κ2) is 13.0. The number of nitrogens with one attached hydrogen (secondary N) is 3. The van der Waals surface area contributed by atoms with Crippen LogP contribution in [-0.4, -0.2) is 67.0 Å². The molecule has 0 aliphatic carbocycles. The van der Waals surface area contributed by atoms with Crippen molar-refractivity contribution in [2.24, 2.45) is 0 Å². The summed E-state index contributed by atoms with van der Waals surface area (Å²) < 4.78 is 10.1. The highest BCUT2D eigenvalue weighted by atomic mass is 16.6. The molecule has 11 nitrogen and oxygen atoms in total. The Morgan fingerprint density at radius 1 is 0.949 bits per heavy atom. The van der Waals surface area contributed by atoms with E-state index in [2.05, 4.69) is 16.0 Å². The van der Waals surface area contributed by atoms with Crippen molar-refractivity contribution in [2.75, 3.05) is 32.1 Å². The minimum Gasteiger partial charge on any atom is -0.444 e. The fourth-order valence-corrected chi connectivity index (χ4v) is 3.88. The molecule has 1 aliphatic heterocycles. The van der Waals surface area contributed by atoms with Crippen LogP contribution in [-0.2, 0) is 20.8 Å². The van der Waals surface area contributed by atoms with Crippen molar-refractivity contribution in [1.82, 2.24) is 15.5 Å². The smallest absolute Gasteiger partial charge is 0.407 e. The molecule has 0 spiro atoms. The summed E-state index contributed by atoms with van der Waals surface area (Å²) in [6.45, 7) is 6.12. The molecule has 0 saturated carbocycles. The van der Waals surface area contributed by atoms with E-state index in [1.54, 1.807) is 52.1 Å². The first-order chi connectivity index (χ1) is 18.5. The first-order valence-corrected chi connectivity index (χ1v) is 12.6. The van der Waals surface area contributed by atoms with Crippen molar-refractivity contribution in [3.63, 3.8) is 0 Å². The van der Waals surface area contributed by atoms with Gasteiger partial charge in [-0.3, -0.25) is 24.1 Å². The van der Waals surface area contributed by atoms with Gasteiger partial charge in [0.15, 0.2) is 0 Å². The zero-order chi connectivity index (χ0) is 28.6. The van der Waals surface area contributed by atoms with Gasteiger partial charge in [-0.05, 0) is 57.0 Å². The van der Waals surface area contributed by atoms with Crippen LogP contribution >= 0.6 is 0 Å². The maximum absolute atomic E-state index is 12.9. The number of amides is 5. The molecule has 11 heteroatoms. The Morgan fingerprint density at radius 2 is 1.67 bits per heavy atom. The number of rotatable bonds is 11. The van der Waals surface area contributed by atoms with Gasteiger partial charge in [-0.2, -0.15) is 0 Å². The highest BCUT2D eigenvalue weighted by Crippen LogP contribution is 2.24. The third kappa shape index (κ3) is 8.11. The zero-order valence-electron chi connectivity index (χ0n) is 22.6. The predicted octanol–water partition coefficient (Wildman–Crippen LogP) is 3.10. The highest BCUT2D eigenvalue weighted by molar-refractivity contribution is 6.22. The third-order valence-corrected chi connectivity index (χ3v) is 5.71. The lowest BCUT2D eigenvalue weighted by Gasteiger charge is -2.19. The van der Waals surface area contributed by atoms with Gasteiger partial charge in [0.25, 0.3) is 17.7 Å². The van der Waals surface area contributed by atoms with Crippen LogP contribution in [0.3, 0.4) is 0 Å². The SMILES string of the molecule is COCCCN1C(=O)c2ccc(C(=O)NCc3ccccc3NC(=O)CCNC(=O)OC(C)(C)C)cc2C1=O. The van der Waals surface area contributed by atoms with E-state index in [9.17, 15) is 24.0 Å². The Bertz CT molecular complexity index is 1250. The largest absolute Gasteiger partial charge is 0.444 e. The first-order valence-electron chi connectivity index (χ1n) is 12.6. The molecule has 0 radical (unpaired) electrons. The molecule has 1 aliphatic rings. The summed E-state index contributed by atoms with van der Waals surface area (Å²) in [6, 6.07) is 11.4. The van der Waals surface area contributed by atoms with Crippen molar-refractivity contribution in [3.05, 3.63) is 64.7 Å². The molecule has 3 N–H and O–H groups in total. The van der Waals surface area contributed by atoms with Crippen LogP contribution in [0.2, 0.25) is 0 Å². The number of para-hydroxylation sites is 1. The number of ether oxygens (including phenoxy) is 2. The van der Waals surface area contributed by atoms with E-state index in [1.807, 2.05) is 0 Å². The van der Waals surface area contributed by atoms with Gasteiger partial charge in [0.2, 0.25) is 5.91 Å². The van der Waals surface area contributed by atoms with E-state index in [0.29, 0.717) is 24.3 Å². The fourth-order valence-electron chi connectivity index (χ4n) is 3.88. The van der Waals surface area contributed by atoms with Crippen LogP contribution in [0.25, 0.3) is 0 Å². The second-order valence-electron chi connectivity index (χ2n) is 9.94. The minimum absolute atomic E-state index is 0.0320. The van der Waals surface area contributed by atoms with Crippen molar-refractivity contribution in [2.45, 2.75) is 45.8 Å². The Kier molecular flexibility index (Phi) is 9.78. The second-order valence-corrected chi connectivity index (χ2v) is 9.94. The van der Waals surface area contributed by atoms with Crippen LogP contribution < -0.4 is 16.0 Å². The Balaban J connectivity index is 1.56. The molecule has 2 aromatic rings. The number of imide groups is 1. The molecule has 0 aromatic heterocycles. The normalized spacial score (nSPS) is 12.7. The van der Waals surface area contributed by atoms with Crippen LogP contribution in [0.5, 0.6) is 0 Å². The van der Waals surface area contributed by atoms with Crippen molar-refractivity contribution < 1.29 is 33.4 Å². The first kappa shape index (κ1) is 29.3. The molecule has 208 valence electrons.